The number of benzene rings is 1. The molecule has 0 bridgehead atoms. The van der Waals surface area contributed by atoms with E-state index < -0.39 is 0 Å². The molecular weight excluding hydrogens is 224 g/mol. The molecule has 1 aromatic carbocycles. The molecule has 2 rings (SSSR count). The summed E-state index contributed by atoms with van der Waals surface area (Å²) in [7, 11) is 0. The van der Waals surface area contributed by atoms with Crippen LogP contribution in [0.2, 0.25) is 0 Å². The van der Waals surface area contributed by atoms with Gasteiger partial charge in [0.25, 0.3) is 0 Å². The van der Waals surface area contributed by atoms with Gasteiger partial charge in [-0.2, -0.15) is 0 Å². The standard InChI is InChI=1S/C15H22N2O/c1-11-3-4-12(2)14(9-11)10-17-7-5-13(6-8-17)15(16)18/h3-4,9,13H,5-8,10H2,1-2H3,(H2,16,18). The van der Waals surface area contributed by atoms with Gasteiger partial charge in [-0.25, -0.2) is 0 Å². The highest BCUT2D eigenvalue weighted by atomic mass is 16.1. The summed E-state index contributed by atoms with van der Waals surface area (Å²) in [5, 5.41) is 0. The van der Waals surface area contributed by atoms with Crippen molar-refractivity contribution in [2.75, 3.05) is 13.1 Å². The molecule has 18 heavy (non-hydrogen) atoms. The average Bonchev–Trinajstić information content (AvgIpc) is 2.34. The van der Waals surface area contributed by atoms with Gasteiger partial charge >= 0.3 is 0 Å². The molecule has 0 aromatic heterocycles. The van der Waals surface area contributed by atoms with Crippen LogP contribution in [0.4, 0.5) is 0 Å². The Balaban J connectivity index is 1.95. The maximum atomic E-state index is 11.1. The Morgan fingerprint density at radius 1 is 1.33 bits per heavy atom. The number of nitrogens with zero attached hydrogens (tertiary/aromatic N) is 1. The van der Waals surface area contributed by atoms with Gasteiger partial charge in [0.1, 0.15) is 0 Å². The number of carbonyl (C=O) groups is 1. The Bertz CT molecular complexity index is 434. The molecule has 1 fully saturated rings. The van der Waals surface area contributed by atoms with Crippen molar-refractivity contribution in [3.8, 4) is 0 Å². The lowest BCUT2D eigenvalue weighted by Gasteiger charge is -2.30. The third-order valence-electron chi connectivity index (χ3n) is 3.89. The number of carbonyl (C=O) groups excluding carboxylic acids is 1. The summed E-state index contributed by atoms with van der Waals surface area (Å²) in [5.41, 5.74) is 9.40. The third kappa shape index (κ3) is 3.10. The summed E-state index contributed by atoms with van der Waals surface area (Å²) in [4.78, 5) is 13.5. The summed E-state index contributed by atoms with van der Waals surface area (Å²) in [6.45, 7) is 7.22. The Hall–Kier alpha value is -1.35. The van der Waals surface area contributed by atoms with E-state index in [9.17, 15) is 4.79 Å². The molecule has 3 heteroatoms. The number of primary amides is 1. The molecule has 2 N–H and O–H groups in total. The van der Waals surface area contributed by atoms with E-state index in [1.54, 1.807) is 0 Å². The van der Waals surface area contributed by atoms with E-state index >= 15 is 0 Å². The Morgan fingerprint density at radius 2 is 2.00 bits per heavy atom. The van der Waals surface area contributed by atoms with Crippen LogP contribution >= 0.6 is 0 Å². The van der Waals surface area contributed by atoms with Crippen LogP contribution in [0.5, 0.6) is 0 Å². The second-order valence-electron chi connectivity index (χ2n) is 5.38. The van der Waals surface area contributed by atoms with Crippen molar-refractivity contribution in [1.29, 1.82) is 0 Å². The Morgan fingerprint density at radius 3 is 2.61 bits per heavy atom. The van der Waals surface area contributed by atoms with E-state index in [2.05, 4.69) is 36.9 Å². The van der Waals surface area contributed by atoms with Crippen molar-refractivity contribution in [3.63, 3.8) is 0 Å². The quantitative estimate of drug-likeness (QED) is 0.886. The highest BCUT2D eigenvalue weighted by molar-refractivity contribution is 5.76. The summed E-state index contributed by atoms with van der Waals surface area (Å²) in [6, 6.07) is 6.59. The summed E-state index contributed by atoms with van der Waals surface area (Å²) >= 11 is 0. The SMILES string of the molecule is Cc1ccc(C)c(CN2CCC(C(N)=O)CC2)c1. The van der Waals surface area contributed by atoms with E-state index in [4.69, 9.17) is 5.73 Å². The van der Waals surface area contributed by atoms with Crippen molar-refractivity contribution in [3.05, 3.63) is 34.9 Å². The topological polar surface area (TPSA) is 46.3 Å². The fourth-order valence-electron chi connectivity index (χ4n) is 2.59. The van der Waals surface area contributed by atoms with Gasteiger partial charge in [-0.15, -0.1) is 0 Å². The van der Waals surface area contributed by atoms with Crippen molar-refractivity contribution in [2.24, 2.45) is 11.7 Å². The van der Waals surface area contributed by atoms with Gasteiger partial charge in [0, 0.05) is 12.5 Å². The summed E-state index contributed by atoms with van der Waals surface area (Å²) in [5.74, 6) is -0.0544. The molecule has 1 amide bonds. The molecule has 1 aliphatic rings. The molecule has 1 heterocycles. The van der Waals surface area contributed by atoms with Crippen LogP contribution in [0, 0.1) is 19.8 Å². The predicted molar refractivity (Wildman–Crippen MR) is 73.1 cm³/mol. The first kappa shape index (κ1) is 13.1. The van der Waals surface area contributed by atoms with Gasteiger partial charge in [-0.1, -0.05) is 23.8 Å². The maximum Gasteiger partial charge on any atom is 0.220 e. The summed E-state index contributed by atoms with van der Waals surface area (Å²) < 4.78 is 0. The van der Waals surface area contributed by atoms with Gasteiger partial charge in [-0.05, 0) is 50.9 Å². The second kappa shape index (κ2) is 5.53. The van der Waals surface area contributed by atoms with Crippen LogP contribution in [0.1, 0.15) is 29.5 Å². The smallest absolute Gasteiger partial charge is 0.220 e. The number of likely N-dealkylation sites (tertiary alicyclic amines) is 1. The first-order valence-electron chi connectivity index (χ1n) is 6.64. The largest absolute Gasteiger partial charge is 0.369 e. The molecule has 1 aromatic rings. The monoisotopic (exact) mass is 246 g/mol. The Labute approximate surface area is 109 Å². The minimum atomic E-state index is -0.138. The lowest BCUT2D eigenvalue weighted by atomic mass is 9.95. The average molecular weight is 246 g/mol. The van der Waals surface area contributed by atoms with Crippen LogP contribution in [0.3, 0.4) is 0 Å². The van der Waals surface area contributed by atoms with Crippen LogP contribution in [-0.2, 0) is 11.3 Å². The van der Waals surface area contributed by atoms with E-state index in [0.29, 0.717) is 0 Å². The molecule has 1 saturated heterocycles. The highest BCUT2D eigenvalue weighted by Gasteiger charge is 2.23. The fourth-order valence-corrected chi connectivity index (χ4v) is 2.59. The molecule has 0 spiro atoms. The number of hydrogen-bond acceptors (Lipinski definition) is 2. The highest BCUT2D eigenvalue weighted by Crippen LogP contribution is 2.20. The van der Waals surface area contributed by atoms with Crippen molar-refractivity contribution < 1.29 is 4.79 Å². The number of nitrogens with two attached hydrogens (primary N) is 1. The van der Waals surface area contributed by atoms with E-state index in [-0.39, 0.29) is 11.8 Å². The minimum Gasteiger partial charge on any atom is -0.369 e. The molecule has 3 nitrogen and oxygen atoms in total. The van der Waals surface area contributed by atoms with Crippen LogP contribution in [-0.4, -0.2) is 23.9 Å². The molecular formula is C15H22N2O. The number of piperidine rings is 1. The van der Waals surface area contributed by atoms with E-state index in [0.717, 1.165) is 32.5 Å². The van der Waals surface area contributed by atoms with Crippen LogP contribution in [0.15, 0.2) is 18.2 Å². The van der Waals surface area contributed by atoms with E-state index in [1.807, 2.05) is 0 Å². The molecule has 0 aliphatic carbocycles. The Kier molecular flexibility index (Phi) is 4.02. The van der Waals surface area contributed by atoms with E-state index in [1.165, 1.54) is 16.7 Å². The zero-order chi connectivity index (χ0) is 13.1. The predicted octanol–water partition coefficient (Wildman–Crippen LogP) is 2.00. The summed E-state index contributed by atoms with van der Waals surface area (Å²) in [6.07, 6.45) is 1.81. The minimum absolute atomic E-state index is 0.0832. The van der Waals surface area contributed by atoms with Crippen molar-refractivity contribution in [2.45, 2.75) is 33.2 Å². The van der Waals surface area contributed by atoms with Crippen molar-refractivity contribution >= 4 is 5.91 Å². The molecule has 0 saturated carbocycles. The van der Waals surface area contributed by atoms with Gasteiger partial charge in [0.2, 0.25) is 5.91 Å². The molecule has 0 atom stereocenters. The third-order valence-corrected chi connectivity index (χ3v) is 3.89. The first-order chi connectivity index (χ1) is 8.56. The maximum absolute atomic E-state index is 11.1. The van der Waals surface area contributed by atoms with Crippen molar-refractivity contribution in [1.82, 2.24) is 4.90 Å². The van der Waals surface area contributed by atoms with Crippen LogP contribution in [0.25, 0.3) is 0 Å². The molecule has 1 aliphatic heterocycles. The molecule has 98 valence electrons. The lowest BCUT2D eigenvalue weighted by Crippen LogP contribution is -2.38. The lowest BCUT2D eigenvalue weighted by molar-refractivity contribution is -0.123. The van der Waals surface area contributed by atoms with Crippen LogP contribution < -0.4 is 5.73 Å². The van der Waals surface area contributed by atoms with Gasteiger partial charge in [-0.3, -0.25) is 9.69 Å². The number of amides is 1. The normalized spacial score (nSPS) is 17.9. The number of rotatable bonds is 3. The fraction of sp³-hybridized carbons (Fsp3) is 0.533. The first-order valence-corrected chi connectivity index (χ1v) is 6.64. The zero-order valence-electron chi connectivity index (χ0n) is 11.3. The molecule has 0 unspecified atom stereocenters. The molecule has 0 radical (unpaired) electrons. The number of aryl methyl sites for hydroxylation is 2. The second-order valence-corrected chi connectivity index (χ2v) is 5.38. The van der Waals surface area contributed by atoms with Gasteiger partial charge in [0.15, 0.2) is 0 Å². The van der Waals surface area contributed by atoms with Gasteiger partial charge in [0.05, 0.1) is 0 Å². The number of hydrogen-bond donors (Lipinski definition) is 1. The zero-order valence-corrected chi connectivity index (χ0v) is 11.3. The van der Waals surface area contributed by atoms with Gasteiger partial charge < -0.3 is 5.73 Å².